The normalized spacial score (nSPS) is 13.2. The summed E-state index contributed by atoms with van der Waals surface area (Å²) in [6.07, 6.45) is 0.205. The summed E-state index contributed by atoms with van der Waals surface area (Å²) in [5.74, 6) is 0.155. The summed E-state index contributed by atoms with van der Waals surface area (Å²) < 4.78 is 34.1. The first-order chi connectivity index (χ1) is 15.8. The predicted molar refractivity (Wildman–Crippen MR) is 130 cm³/mol. The summed E-state index contributed by atoms with van der Waals surface area (Å²) in [6.45, 7) is 4.17. The third-order valence-corrected chi connectivity index (χ3v) is 6.81. The molecule has 0 unspecified atom stereocenters. The van der Waals surface area contributed by atoms with E-state index in [2.05, 4.69) is 10.0 Å². The molecule has 6 nitrogen and oxygen atoms in total. The quantitative estimate of drug-likeness (QED) is 0.441. The van der Waals surface area contributed by atoms with Crippen molar-refractivity contribution in [1.82, 2.24) is 10.0 Å². The van der Waals surface area contributed by atoms with Gasteiger partial charge in [0, 0.05) is 5.02 Å². The van der Waals surface area contributed by atoms with Crippen molar-refractivity contribution in [3.05, 3.63) is 95.0 Å². The van der Waals surface area contributed by atoms with E-state index in [0.717, 1.165) is 11.1 Å². The minimum Gasteiger partial charge on any atom is -0.494 e. The highest BCUT2D eigenvalue weighted by Gasteiger charge is 2.27. The van der Waals surface area contributed by atoms with Gasteiger partial charge in [0.05, 0.1) is 17.5 Å². The Balaban J connectivity index is 1.80. The Morgan fingerprint density at radius 1 is 0.970 bits per heavy atom. The molecule has 2 atom stereocenters. The van der Waals surface area contributed by atoms with Gasteiger partial charge in [0.25, 0.3) is 0 Å². The van der Waals surface area contributed by atoms with Crippen LogP contribution in [0.15, 0.2) is 83.8 Å². The molecule has 8 heteroatoms. The van der Waals surface area contributed by atoms with Gasteiger partial charge < -0.3 is 10.1 Å². The largest absolute Gasteiger partial charge is 0.494 e. The first-order valence-electron chi connectivity index (χ1n) is 10.6. The second-order valence-electron chi connectivity index (χ2n) is 7.55. The minimum absolute atomic E-state index is 0.0579. The second-order valence-corrected chi connectivity index (χ2v) is 9.70. The first kappa shape index (κ1) is 24.8. The zero-order chi connectivity index (χ0) is 23.8. The summed E-state index contributed by atoms with van der Waals surface area (Å²) in [5, 5.41) is 3.51. The van der Waals surface area contributed by atoms with Gasteiger partial charge in [0.15, 0.2) is 0 Å². The van der Waals surface area contributed by atoms with Gasteiger partial charge in [-0.25, -0.2) is 8.42 Å². The molecule has 3 rings (SSSR count). The van der Waals surface area contributed by atoms with Gasteiger partial charge in [-0.3, -0.25) is 4.79 Å². The lowest BCUT2D eigenvalue weighted by Crippen LogP contribution is -2.48. The van der Waals surface area contributed by atoms with Crippen LogP contribution in [-0.2, 0) is 21.2 Å². The fourth-order valence-corrected chi connectivity index (χ4v) is 4.64. The van der Waals surface area contributed by atoms with E-state index in [1.54, 1.807) is 24.3 Å². The minimum atomic E-state index is -3.95. The van der Waals surface area contributed by atoms with Crippen LogP contribution in [0.5, 0.6) is 5.75 Å². The molecule has 0 radical (unpaired) electrons. The Kier molecular flexibility index (Phi) is 8.49. The lowest BCUT2D eigenvalue weighted by molar-refractivity contribution is -0.123. The van der Waals surface area contributed by atoms with Gasteiger partial charge in [-0.1, -0.05) is 54.1 Å². The van der Waals surface area contributed by atoms with Gasteiger partial charge in [-0.15, -0.1) is 0 Å². The maximum Gasteiger partial charge on any atom is 0.241 e. The molecule has 0 bridgehead atoms. The number of benzene rings is 3. The number of rotatable bonds is 10. The predicted octanol–water partition coefficient (Wildman–Crippen LogP) is 4.51. The molecule has 0 saturated heterocycles. The molecule has 0 heterocycles. The van der Waals surface area contributed by atoms with E-state index in [4.69, 9.17) is 16.3 Å². The topological polar surface area (TPSA) is 84.5 Å². The summed E-state index contributed by atoms with van der Waals surface area (Å²) in [4.78, 5) is 13.2. The molecule has 0 saturated carbocycles. The number of hydrogen-bond acceptors (Lipinski definition) is 4. The molecule has 174 valence electrons. The number of halogens is 1. The van der Waals surface area contributed by atoms with Crippen LogP contribution in [0.2, 0.25) is 5.02 Å². The van der Waals surface area contributed by atoms with Crippen molar-refractivity contribution in [2.75, 3.05) is 6.61 Å². The maximum absolute atomic E-state index is 13.2. The SMILES string of the molecule is CCOc1ccc(S(=O)(=O)N[C@@H](Cc2ccccc2)C(=O)N[C@@H](C)c2ccc(Cl)cc2)cc1. The Morgan fingerprint density at radius 3 is 2.21 bits per heavy atom. The fourth-order valence-electron chi connectivity index (χ4n) is 3.32. The molecule has 0 aliphatic rings. The molecule has 3 aromatic rings. The highest BCUT2D eigenvalue weighted by molar-refractivity contribution is 7.89. The maximum atomic E-state index is 13.2. The highest BCUT2D eigenvalue weighted by Crippen LogP contribution is 2.19. The van der Waals surface area contributed by atoms with Crippen LogP contribution >= 0.6 is 11.6 Å². The average molecular weight is 487 g/mol. The van der Waals surface area contributed by atoms with Gasteiger partial charge in [0.2, 0.25) is 15.9 Å². The Hall–Kier alpha value is -2.87. The molecule has 2 N–H and O–H groups in total. The fraction of sp³-hybridized carbons (Fsp3) is 0.240. The van der Waals surface area contributed by atoms with Crippen molar-refractivity contribution in [3.8, 4) is 5.75 Å². The van der Waals surface area contributed by atoms with E-state index in [9.17, 15) is 13.2 Å². The monoisotopic (exact) mass is 486 g/mol. The number of amides is 1. The molecule has 0 fully saturated rings. The molecule has 3 aromatic carbocycles. The van der Waals surface area contributed by atoms with E-state index < -0.39 is 22.0 Å². The van der Waals surface area contributed by atoms with E-state index >= 15 is 0 Å². The number of carbonyl (C=O) groups excluding carboxylic acids is 1. The van der Waals surface area contributed by atoms with Crippen molar-refractivity contribution in [1.29, 1.82) is 0 Å². The number of hydrogen-bond donors (Lipinski definition) is 2. The van der Waals surface area contributed by atoms with E-state index in [1.165, 1.54) is 12.1 Å². The summed E-state index contributed by atoms with van der Waals surface area (Å²) in [5.41, 5.74) is 1.70. The van der Waals surface area contributed by atoms with Crippen LogP contribution in [-0.4, -0.2) is 27.0 Å². The van der Waals surface area contributed by atoms with Gasteiger partial charge in [-0.2, -0.15) is 4.72 Å². The van der Waals surface area contributed by atoms with Crippen molar-refractivity contribution in [2.24, 2.45) is 0 Å². The average Bonchev–Trinajstić information content (AvgIpc) is 2.80. The van der Waals surface area contributed by atoms with Crippen LogP contribution in [0.4, 0.5) is 0 Å². The summed E-state index contributed by atoms with van der Waals surface area (Å²) >= 11 is 5.95. The van der Waals surface area contributed by atoms with Gasteiger partial charge >= 0.3 is 0 Å². The highest BCUT2D eigenvalue weighted by atomic mass is 35.5. The number of sulfonamides is 1. The first-order valence-corrected chi connectivity index (χ1v) is 12.5. The molecule has 0 aliphatic heterocycles. The van der Waals surface area contributed by atoms with Crippen LogP contribution in [0.1, 0.15) is 31.0 Å². The third-order valence-electron chi connectivity index (χ3n) is 5.07. The van der Waals surface area contributed by atoms with Crippen LogP contribution in [0.25, 0.3) is 0 Å². The molecule has 0 aliphatic carbocycles. The molecule has 0 spiro atoms. The van der Waals surface area contributed by atoms with Crippen LogP contribution in [0.3, 0.4) is 0 Å². The summed E-state index contributed by atoms with van der Waals surface area (Å²) in [6, 6.07) is 21.2. The third kappa shape index (κ3) is 7.05. The molecule has 0 aromatic heterocycles. The van der Waals surface area contributed by atoms with Crippen molar-refractivity contribution in [2.45, 2.75) is 37.2 Å². The number of carbonyl (C=O) groups is 1. The molecular weight excluding hydrogens is 460 g/mol. The number of ether oxygens (including phenoxy) is 1. The second kappa shape index (κ2) is 11.3. The lowest BCUT2D eigenvalue weighted by Gasteiger charge is -2.22. The summed E-state index contributed by atoms with van der Waals surface area (Å²) in [7, 11) is -3.95. The molecule has 33 heavy (non-hydrogen) atoms. The smallest absolute Gasteiger partial charge is 0.241 e. The standard InChI is InChI=1S/C25H27ClN2O4S/c1-3-32-22-13-15-23(16-14-22)33(30,31)28-24(17-19-7-5-4-6-8-19)25(29)27-18(2)20-9-11-21(26)12-10-20/h4-16,18,24,28H,3,17H2,1-2H3,(H,27,29)/t18-,24-/m0/s1. The van der Waals surface area contributed by atoms with E-state index in [0.29, 0.717) is 17.4 Å². The van der Waals surface area contributed by atoms with Crippen LogP contribution in [0, 0.1) is 0 Å². The van der Waals surface area contributed by atoms with E-state index in [1.807, 2.05) is 56.3 Å². The van der Waals surface area contributed by atoms with Crippen LogP contribution < -0.4 is 14.8 Å². The van der Waals surface area contributed by atoms with E-state index in [-0.39, 0.29) is 17.4 Å². The van der Waals surface area contributed by atoms with Crippen molar-refractivity contribution < 1.29 is 17.9 Å². The van der Waals surface area contributed by atoms with Crippen molar-refractivity contribution in [3.63, 3.8) is 0 Å². The van der Waals surface area contributed by atoms with Gasteiger partial charge in [0.1, 0.15) is 11.8 Å². The number of nitrogens with one attached hydrogen (secondary N) is 2. The van der Waals surface area contributed by atoms with Gasteiger partial charge in [-0.05, 0) is 67.8 Å². The zero-order valence-electron chi connectivity index (χ0n) is 18.5. The Bertz CT molecular complexity index is 1150. The zero-order valence-corrected chi connectivity index (χ0v) is 20.1. The Labute approximate surface area is 200 Å². The Morgan fingerprint density at radius 2 is 1.61 bits per heavy atom. The molecular formula is C25H27ClN2O4S. The molecule has 1 amide bonds. The van der Waals surface area contributed by atoms with Crippen molar-refractivity contribution >= 4 is 27.5 Å². The lowest BCUT2D eigenvalue weighted by atomic mass is 10.0.